The molecule has 0 unspecified atom stereocenters. The Balaban J connectivity index is 2.43. The van der Waals surface area contributed by atoms with Crippen LogP contribution in [0.4, 0.5) is 11.4 Å². The number of hydrogen-bond donors (Lipinski definition) is 2. The summed E-state index contributed by atoms with van der Waals surface area (Å²) in [5.74, 6) is 0.678. The molecule has 0 aliphatic heterocycles. The number of aliphatic hydroxyl groups is 1. The zero-order valence-electron chi connectivity index (χ0n) is 11.3. The molecule has 2 aromatic rings. The summed E-state index contributed by atoms with van der Waals surface area (Å²) < 4.78 is 10.7. The number of ether oxygens (including phenoxy) is 2. The molecule has 7 heteroatoms. The van der Waals surface area contributed by atoms with E-state index in [1.54, 1.807) is 24.3 Å². The molecule has 0 saturated heterocycles. The van der Waals surface area contributed by atoms with Gasteiger partial charge < -0.3 is 20.3 Å². The lowest BCUT2D eigenvalue weighted by molar-refractivity contribution is -0.384. The normalized spacial score (nSPS) is 10.2. The van der Waals surface area contributed by atoms with Crippen LogP contribution in [0.3, 0.4) is 0 Å². The summed E-state index contributed by atoms with van der Waals surface area (Å²) in [6.45, 7) is -0.144. The van der Waals surface area contributed by atoms with E-state index >= 15 is 0 Å². The van der Waals surface area contributed by atoms with Crippen molar-refractivity contribution in [2.75, 3.05) is 12.8 Å². The van der Waals surface area contributed by atoms with E-state index in [9.17, 15) is 10.1 Å². The summed E-state index contributed by atoms with van der Waals surface area (Å²) in [5, 5.41) is 20.2. The third-order valence-electron chi connectivity index (χ3n) is 2.84. The Labute approximate surface area is 120 Å². The van der Waals surface area contributed by atoms with Gasteiger partial charge in [-0.1, -0.05) is 12.1 Å². The van der Waals surface area contributed by atoms with Gasteiger partial charge in [-0.25, -0.2) is 0 Å². The number of rotatable bonds is 5. The smallest absolute Gasteiger partial charge is 0.334 e. The number of hydrogen-bond acceptors (Lipinski definition) is 6. The lowest BCUT2D eigenvalue weighted by Gasteiger charge is -2.12. The molecule has 0 saturated carbocycles. The summed E-state index contributed by atoms with van der Waals surface area (Å²) in [5.41, 5.74) is 5.96. The van der Waals surface area contributed by atoms with E-state index in [-0.39, 0.29) is 23.7 Å². The third-order valence-corrected chi connectivity index (χ3v) is 2.84. The van der Waals surface area contributed by atoms with Gasteiger partial charge in [0.2, 0.25) is 5.75 Å². The molecule has 3 N–H and O–H groups in total. The number of methoxy groups -OCH3 is 1. The number of benzene rings is 2. The van der Waals surface area contributed by atoms with Crippen LogP contribution in [-0.2, 0) is 6.61 Å². The van der Waals surface area contributed by atoms with Crippen molar-refractivity contribution in [1.29, 1.82) is 0 Å². The standard InChI is InChI=1S/C14H14N2O5/c1-20-13-7-9(8-17)5-6-11(13)21-12-4-2-3-10(15)14(12)16(18)19/h2-7,17H,8,15H2,1H3. The SMILES string of the molecule is COc1cc(CO)ccc1Oc1cccc(N)c1[N+](=O)[O-]. The van der Waals surface area contributed by atoms with Gasteiger partial charge in [-0.15, -0.1) is 0 Å². The van der Waals surface area contributed by atoms with Crippen LogP contribution in [-0.4, -0.2) is 17.1 Å². The summed E-state index contributed by atoms with van der Waals surface area (Å²) in [7, 11) is 1.44. The molecule has 0 radical (unpaired) electrons. The highest BCUT2D eigenvalue weighted by molar-refractivity contribution is 5.66. The Bertz CT molecular complexity index is 672. The minimum Gasteiger partial charge on any atom is -0.493 e. The highest BCUT2D eigenvalue weighted by atomic mass is 16.6. The molecule has 0 amide bonds. The van der Waals surface area contributed by atoms with E-state index in [2.05, 4.69) is 0 Å². The predicted molar refractivity (Wildman–Crippen MR) is 76.5 cm³/mol. The fraction of sp³-hybridized carbons (Fsp3) is 0.143. The fourth-order valence-electron chi connectivity index (χ4n) is 1.83. The maximum Gasteiger partial charge on any atom is 0.334 e. The number of nitrogens with zero attached hydrogens (tertiary/aromatic N) is 1. The van der Waals surface area contributed by atoms with E-state index in [1.807, 2.05) is 0 Å². The predicted octanol–water partition coefficient (Wildman–Crippen LogP) is 2.47. The molecule has 7 nitrogen and oxygen atoms in total. The van der Waals surface area contributed by atoms with Gasteiger partial charge in [0.05, 0.1) is 18.6 Å². The third kappa shape index (κ3) is 3.03. The average Bonchev–Trinajstić information content (AvgIpc) is 2.47. The molecule has 0 aliphatic rings. The molecule has 0 aromatic heterocycles. The van der Waals surface area contributed by atoms with Crippen LogP contribution in [0.5, 0.6) is 17.2 Å². The quantitative estimate of drug-likeness (QED) is 0.497. The highest BCUT2D eigenvalue weighted by Crippen LogP contribution is 2.39. The number of nitro groups is 1. The van der Waals surface area contributed by atoms with Crippen molar-refractivity contribution in [2.45, 2.75) is 6.61 Å². The second-order valence-corrected chi connectivity index (χ2v) is 4.20. The fourth-order valence-corrected chi connectivity index (χ4v) is 1.83. The lowest BCUT2D eigenvalue weighted by Crippen LogP contribution is -1.99. The van der Waals surface area contributed by atoms with Crippen LogP contribution >= 0.6 is 0 Å². The number of nitrogens with two attached hydrogens (primary N) is 1. The molecule has 0 fully saturated rings. The van der Waals surface area contributed by atoms with E-state index in [4.69, 9.17) is 20.3 Å². The van der Waals surface area contributed by atoms with Gasteiger partial charge >= 0.3 is 5.69 Å². The van der Waals surface area contributed by atoms with Crippen molar-refractivity contribution in [1.82, 2.24) is 0 Å². The number of nitrogen functional groups attached to an aromatic ring is 1. The van der Waals surface area contributed by atoms with Crippen LogP contribution in [0, 0.1) is 10.1 Å². The van der Waals surface area contributed by atoms with Gasteiger partial charge in [0, 0.05) is 0 Å². The molecular formula is C14H14N2O5. The van der Waals surface area contributed by atoms with Gasteiger partial charge in [-0.2, -0.15) is 0 Å². The van der Waals surface area contributed by atoms with Gasteiger partial charge in [-0.05, 0) is 29.8 Å². The maximum atomic E-state index is 11.1. The molecule has 0 heterocycles. The van der Waals surface area contributed by atoms with E-state index in [0.29, 0.717) is 17.1 Å². The van der Waals surface area contributed by atoms with Crippen LogP contribution in [0.25, 0.3) is 0 Å². The summed E-state index contributed by atoms with van der Waals surface area (Å²) in [6, 6.07) is 9.23. The Hall–Kier alpha value is -2.80. The first-order valence-corrected chi connectivity index (χ1v) is 6.05. The molecule has 0 bridgehead atoms. The molecule has 21 heavy (non-hydrogen) atoms. The van der Waals surface area contributed by atoms with Gasteiger partial charge in [-0.3, -0.25) is 10.1 Å². The molecule has 0 atom stereocenters. The number of aliphatic hydroxyl groups excluding tert-OH is 1. The Kier molecular flexibility index (Phi) is 4.24. The zero-order chi connectivity index (χ0) is 15.4. The topological polar surface area (TPSA) is 108 Å². The van der Waals surface area contributed by atoms with Gasteiger partial charge in [0.25, 0.3) is 0 Å². The van der Waals surface area contributed by atoms with E-state index in [1.165, 1.54) is 19.2 Å². The summed E-state index contributed by atoms with van der Waals surface area (Å²) in [6.07, 6.45) is 0. The molecule has 2 aromatic carbocycles. The second-order valence-electron chi connectivity index (χ2n) is 4.20. The minimum atomic E-state index is -0.598. The summed E-state index contributed by atoms with van der Waals surface area (Å²) >= 11 is 0. The van der Waals surface area contributed by atoms with E-state index in [0.717, 1.165) is 0 Å². The largest absolute Gasteiger partial charge is 0.493 e. The first kappa shape index (κ1) is 14.6. The summed E-state index contributed by atoms with van der Waals surface area (Å²) in [4.78, 5) is 10.5. The molecule has 110 valence electrons. The second kappa shape index (κ2) is 6.10. The maximum absolute atomic E-state index is 11.1. The zero-order valence-corrected chi connectivity index (χ0v) is 11.3. The number of anilines is 1. The molecule has 0 aliphatic carbocycles. The molecule has 2 rings (SSSR count). The van der Waals surface area contributed by atoms with Crippen molar-refractivity contribution >= 4 is 11.4 Å². The first-order chi connectivity index (χ1) is 10.1. The Morgan fingerprint density at radius 3 is 2.62 bits per heavy atom. The van der Waals surface area contributed by atoms with Crippen molar-refractivity contribution in [3.8, 4) is 17.2 Å². The molecule has 0 spiro atoms. The van der Waals surface area contributed by atoms with Crippen LogP contribution < -0.4 is 15.2 Å². The number of para-hydroxylation sites is 1. The van der Waals surface area contributed by atoms with Crippen molar-refractivity contribution in [2.24, 2.45) is 0 Å². The average molecular weight is 290 g/mol. The van der Waals surface area contributed by atoms with Crippen LogP contribution in [0.15, 0.2) is 36.4 Å². The first-order valence-electron chi connectivity index (χ1n) is 6.05. The lowest BCUT2D eigenvalue weighted by atomic mass is 10.2. The Morgan fingerprint density at radius 1 is 1.24 bits per heavy atom. The van der Waals surface area contributed by atoms with Crippen molar-refractivity contribution in [3.63, 3.8) is 0 Å². The highest BCUT2D eigenvalue weighted by Gasteiger charge is 2.20. The monoisotopic (exact) mass is 290 g/mol. The molecular weight excluding hydrogens is 276 g/mol. The van der Waals surface area contributed by atoms with Crippen molar-refractivity contribution in [3.05, 3.63) is 52.1 Å². The van der Waals surface area contributed by atoms with Crippen LogP contribution in [0.2, 0.25) is 0 Å². The van der Waals surface area contributed by atoms with Gasteiger partial charge in [0.1, 0.15) is 5.69 Å². The van der Waals surface area contributed by atoms with Crippen molar-refractivity contribution < 1.29 is 19.5 Å². The van der Waals surface area contributed by atoms with E-state index < -0.39 is 4.92 Å². The van der Waals surface area contributed by atoms with Crippen LogP contribution in [0.1, 0.15) is 5.56 Å². The van der Waals surface area contributed by atoms with Gasteiger partial charge in [0.15, 0.2) is 11.5 Å². The number of nitro benzene ring substituents is 1. The Morgan fingerprint density at radius 2 is 2.00 bits per heavy atom. The minimum absolute atomic E-state index is 0.0171.